The van der Waals surface area contributed by atoms with Crippen molar-refractivity contribution in [2.75, 3.05) is 0 Å². The summed E-state index contributed by atoms with van der Waals surface area (Å²) >= 11 is 0. The Morgan fingerprint density at radius 1 is 1.41 bits per heavy atom. The van der Waals surface area contributed by atoms with E-state index in [2.05, 4.69) is 5.32 Å². The van der Waals surface area contributed by atoms with E-state index in [0.29, 0.717) is 17.6 Å². The lowest BCUT2D eigenvalue weighted by molar-refractivity contribution is 0.0900. The molecule has 3 rings (SSSR count). The summed E-state index contributed by atoms with van der Waals surface area (Å²) in [6.45, 7) is 1.80. The van der Waals surface area contributed by atoms with Crippen molar-refractivity contribution in [1.29, 1.82) is 0 Å². The first-order chi connectivity index (χ1) is 8.15. The quantitative estimate of drug-likeness (QED) is 0.795. The third kappa shape index (κ3) is 1.78. The van der Waals surface area contributed by atoms with E-state index >= 15 is 0 Å². The molecule has 3 atom stereocenters. The predicted octanol–water partition coefficient (Wildman–Crippen LogP) is 2.46. The first kappa shape index (κ1) is 10.9. The van der Waals surface area contributed by atoms with Crippen molar-refractivity contribution in [3.05, 3.63) is 35.1 Å². The Bertz CT molecular complexity index is 471. The number of hydrogen-bond acceptors (Lipinski definition) is 2. The van der Waals surface area contributed by atoms with Crippen LogP contribution in [0.4, 0.5) is 4.39 Å². The van der Waals surface area contributed by atoms with Crippen LogP contribution in [0, 0.1) is 18.7 Å². The van der Waals surface area contributed by atoms with Gasteiger partial charge in [-0.2, -0.15) is 0 Å². The number of nitrogens with one attached hydrogen (secondary N) is 1. The minimum atomic E-state index is -0.273. The van der Waals surface area contributed by atoms with E-state index in [0.717, 1.165) is 18.4 Å². The van der Waals surface area contributed by atoms with Crippen molar-refractivity contribution in [2.24, 2.45) is 5.92 Å². The third-order valence-corrected chi connectivity index (χ3v) is 4.09. The summed E-state index contributed by atoms with van der Waals surface area (Å²) in [5.41, 5.74) is 1.43. The van der Waals surface area contributed by atoms with E-state index in [-0.39, 0.29) is 17.5 Å². The fourth-order valence-electron chi connectivity index (χ4n) is 3.22. The van der Waals surface area contributed by atoms with Crippen LogP contribution in [-0.4, -0.2) is 17.9 Å². The number of carbonyl (C=O) groups excluding carboxylic acids is 1. The van der Waals surface area contributed by atoms with Crippen molar-refractivity contribution < 1.29 is 9.18 Å². The standard InChI is InChI=1S/C14H16FNO/c1-8-6-9(15)2-4-11(8)14(17)12-7-10-3-5-13(12)16-10/h2,4,6,10,12-13,16H,3,5,7H2,1H3. The van der Waals surface area contributed by atoms with Crippen LogP contribution in [0.5, 0.6) is 0 Å². The lowest BCUT2D eigenvalue weighted by Crippen LogP contribution is -2.29. The highest BCUT2D eigenvalue weighted by Gasteiger charge is 2.42. The molecule has 1 aromatic carbocycles. The number of Topliss-reactive ketones (excluding diaryl/α,β-unsaturated/α-hetero) is 1. The molecule has 2 aliphatic heterocycles. The highest BCUT2D eigenvalue weighted by molar-refractivity contribution is 5.99. The summed E-state index contributed by atoms with van der Waals surface area (Å²) in [5, 5.41) is 3.46. The molecule has 90 valence electrons. The first-order valence-electron chi connectivity index (χ1n) is 6.21. The molecular formula is C14H16FNO. The van der Waals surface area contributed by atoms with Crippen LogP contribution in [0.1, 0.15) is 35.2 Å². The zero-order valence-corrected chi connectivity index (χ0v) is 9.87. The highest BCUT2D eigenvalue weighted by atomic mass is 19.1. The molecule has 3 unspecified atom stereocenters. The van der Waals surface area contributed by atoms with Crippen LogP contribution in [0.2, 0.25) is 0 Å². The van der Waals surface area contributed by atoms with Crippen molar-refractivity contribution in [3.8, 4) is 0 Å². The molecule has 3 heteroatoms. The molecule has 0 aliphatic carbocycles. The van der Waals surface area contributed by atoms with Gasteiger partial charge >= 0.3 is 0 Å². The number of fused-ring (bicyclic) bond motifs is 2. The van der Waals surface area contributed by atoms with Crippen LogP contribution >= 0.6 is 0 Å². The van der Waals surface area contributed by atoms with Crippen LogP contribution in [-0.2, 0) is 0 Å². The fourth-order valence-corrected chi connectivity index (χ4v) is 3.22. The minimum Gasteiger partial charge on any atom is -0.310 e. The van der Waals surface area contributed by atoms with Gasteiger partial charge in [-0.1, -0.05) is 0 Å². The van der Waals surface area contributed by atoms with Gasteiger partial charge < -0.3 is 5.32 Å². The van der Waals surface area contributed by atoms with Crippen molar-refractivity contribution in [2.45, 2.75) is 38.3 Å². The average Bonchev–Trinajstić information content (AvgIpc) is 2.89. The number of aryl methyl sites for hydroxylation is 1. The molecule has 1 aromatic rings. The van der Waals surface area contributed by atoms with Gasteiger partial charge in [-0.05, 0) is 49.9 Å². The average molecular weight is 233 g/mol. The van der Waals surface area contributed by atoms with Gasteiger partial charge in [0, 0.05) is 23.6 Å². The van der Waals surface area contributed by atoms with E-state index in [1.165, 1.54) is 18.6 Å². The van der Waals surface area contributed by atoms with Crippen LogP contribution in [0.3, 0.4) is 0 Å². The molecule has 2 saturated heterocycles. The van der Waals surface area contributed by atoms with E-state index in [1.807, 2.05) is 0 Å². The Balaban J connectivity index is 1.87. The van der Waals surface area contributed by atoms with Crippen LogP contribution in [0.15, 0.2) is 18.2 Å². The molecule has 2 fully saturated rings. The second-order valence-corrected chi connectivity index (χ2v) is 5.21. The van der Waals surface area contributed by atoms with Gasteiger partial charge in [0.1, 0.15) is 5.82 Å². The molecule has 0 radical (unpaired) electrons. The van der Waals surface area contributed by atoms with E-state index in [4.69, 9.17) is 0 Å². The number of ketones is 1. The summed E-state index contributed by atoms with van der Waals surface area (Å²) in [7, 11) is 0. The molecule has 0 amide bonds. The summed E-state index contributed by atoms with van der Waals surface area (Å²) in [4.78, 5) is 12.4. The van der Waals surface area contributed by atoms with Gasteiger partial charge in [-0.3, -0.25) is 4.79 Å². The predicted molar refractivity (Wildman–Crippen MR) is 63.5 cm³/mol. The van der Waals surface area contributed by atoms with Gasteiger partial charge in [0.15, 0.2) is 5.78 Å². The summed E-state index contributed by atoms with van der Waals surface area (Å²) < 4.78 is 13.0. The third-order valence-electron chi connectivity index (χ3n) is 4.09. The Morgan fingerprint density at radius 3 is 2.82 bits per heavy atom. The summed E-state index contributed by atoms with van der Waals surface area (Å²) in [5.74, 6) is 0.00484. The Kier molecular flexibility index (Phi) is 2.51. The number of halogens is 1. The maximum Gasteiger partial charge on any atom is 0.167 e. The second kappa shape index (κ2) is 3.91. The SMILES string of the molecule is Cc1cc(F)ccc1C(=O)C1CC2CCC1N2. The van der Waals surface area contributed by atoms with Gasteiger partial charge in [0.05, 0.1) is 0 Å². The van der Waals surface area contributed by atoms with E-state index in [9.17, 15) is 9.18 Å². The maximum absolute atomic E-state index is 13.0. The van der Waals surface area contributed by atoms with Crippen molar-refractivity contribution in [3.63, 3.8) is 0 Å². The zero-order valence-electron chi connectivity index (χ0n) is 9.87. The first-order valence-corrected chi connectivity index (χ1v) is 6.21. The minimum absolute atomic E-state index is 0.0953. The van der Waals surface area contributed by atoms with E-state index in [1.54, 1.807) is 13.0 Å². The number of benzene rings is 1. The zero-order chi connectivity index (χ0) is 12.0. The Labute approximate surface area is 100 Å². The molecule has 2 aliphatic rings. The number of carbonyl (C=O) groups is 1. The summed E-state index contributed by atoms with van der Waals surface area (Å²) in [6.07, 6.45) is 3.23. The lowest BCUT2D eigenvalue weighted by atomic mass is 9.83. The molecule has 0 saturated carbocycles. The molecule has 17 heavy (non-hydrogen) atoms. The normalized spacial score (nSPS) is 30.8. The molecule has 1 N–H and O–H groups in total. The number of rotatable bonds is 2. The Morgan fingerprint density at radius 2 is 2.24 bits per heavy atom. The maximum atomic E-state index is 13.0. The smallest absolute Gasteiger partial charge is 0.167 e. The van der Waals surface area contributed by atoms with Gasteiger partial charge in [0.2, 0.25) is 0 Å². The van der Waals surface area contributed by atoms with Gasteiger partial charge in [0.25, 0.3) is 0 Å². The molecule has 2 heterocycles. The molecule has 0 spiro atoms. The number of hydrogen-bond donors (Lipinski definition) is 1. The van der Waals surface area contributed by atoms with Crippen molar-refractivity contribution in [1.82, 2.24) is 5.32 Å². The van der Waals surface area contributed by atoms with E-state index < -0.39 is 0 Å². The molecule has 2 bridgehead atoms. The molecule has 0 aromatic heterocycles. The fraction of sp³-hybridized carbons (Fsp3) is 0.500. The van der Waals surface area contributed by atoms with Gasteiger partial charge in [-0.25, -0.2) is 4.39 Å². The highest BCUT2D eigenvalue weighted by Crippen LogP contribution is 2.35. The van der Waals surface area contributed by atoms with Crippen molar-refractivity contribution >= 4 is 5.78 Å². The van der Waals surface area contributed by atoms with Gasteiger partial charge in [-0.15, -0.1) is 0 Å². The van der Waals surface area contributed by atoms with Crippen LogP contribution < -0.4 is 5.32 Å². The topological polar surface area (TPSA) is 29.1 Å². The second-order valence-electron chi connectivity index (χ2n) is 5.21. The Hall–Kier alpha value is -1.22. The molecular weight excluding hydrogens is 217 g/mol. The molecule has 2 nitrogen and oxygen atoms in total. The lowest BCUT2D eigenvalue weighted by Gasteiger charge is -2.19. The van der Waals surface area contributed by atoms with Crippen LogP contribution in [0.25, 0.3) is 0 Å². The summed E-state index contributed by atoms with van der Waals surface area (Å²) in [6, 6.07) is 5.31. The monoisotopic (exact) mass is 233 g/mol. The largest absolute Gasteiger partial charge is 0.310 e.